The molecule has 1 amide bonds. The third-order valence-electron chi connectivity index (χ3n) is 5.14. The van der Waals surface area contributed by atoms with Crippen molar-refractivity contribution in [2.24, 2.45) is 12.2 Å². The number of para-hydroxylation sites is 1. The zero-order valence-electron chi connectivity index (χ0n) is 20.7. The van der Waals surface area contributed by atoms with E-state index in [1.165, 1.54) is 41.1 Å². The third kappa shape index (κ3) is 6.43. The fourth-order valence-corrected chi connectivity index (χ4v) is 3.25. The average molecular weight is 523 g/mol. The standard InChI is InChI=1S/C25H24F2N8O3/c1-34(2)19-11-7-9-17(15-19)22(23-30-32-33-35(23)3)31-37-16-18-10-8-14-21(28-18)29-24(36)25(26,27)38-20-12-5-4-6-13-20/h4-15H,16H2,1-3H3,(H,28,29,36)/b31-22+. The molecule has 0 spiro atoms. The number of anilines is 2. The van der Waals surface area contributed by atoms with Gasteiger partial charge in [0.15, 0.2) is 12.3 Å². The molecule has 0 fully saturated rings. The Morgan fingerprint density at radius 2 is 1.84 bits per heavy atom. The second-order valence-electron chi connectivity index (χ2n) is 8.18. The summed E-state index contributed by atoms with van der Waals surface area (Å²) in [5.74, 6) is -1.54. The van der Waals surface area contributed by atoms with Crippen LogP contribution in [0.25, 0.3) is 0 Å². The van der Waals surface area contributed by atoms with Crippen LogP contribution in [0, 0.1) is 0 Å². The minimum Gasteiger partial charge on any atom is -0.425 e. The minimum atomic E-state index is -4.11. The Labute approximate surface area is 216 Å². The van der Waals surface area contributed by atoms with E-state index in [4.69, 9.17) is 4.84 Å². The Bertz CT molecular complexity index is 1430. The fourth-order valence-electron chi connectivity index (χ4n) is 3.25. The molecular formula is C25H24F2N8O3. The van der Waals surface area contributed by atoms with Crippen molar-refractivity contribution < 1.29 is 23.1 Å². The number of tetrazole rings is 1. The third-order valence-corrected chi connectivity index (χ3v) is 5.14. The molecule has 0 aliphatic carbocycles. The first kappa shape index (κ1) is 26.1. The number of carbonyl (C=O) groups is 1. The summed E-state index contributed by atoms with van der Waals surface area (Å²) >= 11 is 0. The highest BCUT2D eigenvalue weighted by atomic mass is 19.3. The van der Waals surface area contributed by atoms with Gasteiger partial charge < -0.3 is 19.8 Å². The highest BCUT2D eigenvalue weighted by Crippen LogP contribution is 2.23. The van der Waals surface area contributed by atoms with Crippen molar-refractivity contribution in [3.63, 3.8) is 0 Å². The van der Waals surface area contributed by atoms with E-state index in [0.29, 0.717) is 22.8 Å². The number of hydrogen-bond donors (Lipinski definition) is 1. The topological polar surface area (TPSA) is 120 Å². The van der Waals surface area contributed by atoms with E-state index in [2.05, 4.69) is 35.7 Å². The number of oxime groups is 1. The van der Waals surface area contributed by atoms with Crippen molar-refractivity contribution in [1.82, 2.24) is 25.2 Å². The number of amides is 1. The van der Waals surface area contributed by atoms with Crippen molar-refractivity contribution in [1.29, 1.82) is 0 Å². The van der Waals surface area contributed by atoms with Gasteiger partial charge in [0, 0.05) is 32.4 Å². The normalized spacial score (nSPS) is 11.7. The van der Waals surface area contributed by atoms with Gasteiger partial charge in [-0.1, -0.05) is 41.6 Å². The lowest BCUT2D eigenvalue weighted by atomic mass is 10.1. The number of nitrogens with one attached hydrogen (secondary N) is 1. The van der Waals surface area contributed by atoms with Gasteiger partial charge in [-0.25, -0.2) is 9.67 Å². The van der Waals surface area contributed by atoms with E-state index < -0.39 is 12.0 Å². The predicted octanol–water partition coefficient (Wildman–Crippen LogP) is 3.25. The number of carbonyl (C=O) groups excluding carboxylic acids is 1. The van der Waals surface area contributed by atoms with E-state index in [1.807, 2.05) is 43.3 Å². The van der Waals surface area contributed by atoms with Crippen LogP contribution in [-0.4, -0.2) is 57.0 Å². The molecule has 2 heterocycles. The van der Waals surface area contributed by atoms with Crippen molar-refractivity contribution >= 4 is 23.1 Å². The second-order valence-corrected chi connectivity index (χ2v) is 8.18. The van der Waals surface area contributed by atoms with Gasteiger partial charge in [-0.3, -0.25) is 4.79 Å². The fraction of sp³-hybridized carbons (Fsp3) is 0.200. The van der Waals surface area contributed by atoms with Gasteiger partial charge in [-0.05, 0) is 46.8 Å². The summed E-state index contributed by atoms with van der Waals surface area (Å²) in [6, 6.07) is 19.4. The zero-order chi connectivity index (χ0) is 27.1. The molecule has 0 aliphatic heterocycles. The number of nitrogens with zero attached hydrogens (tertiary/aromatic N) is 7. The molecule has 0 aliphatic rings. The maximum atomic E-state index is 14.3. The number of pyridine rings is 1. The van der Waals surface area contributed by atoms with Gasteiger partial charge in [-0.15, -0.1) is 5.10 Å². The first-order valence-electron chi connectivity index (χ1n) is 11.3. The van der Waals surface area contributed by atoms with Gasteiger partial charge in [0.1, 0.15) is 11.6 Å². The van der Waals surface area contributed by atoms with Crippen molar-refractivity contribution in [3.05, 3.63) is 89.9 Å². The summed E-state index contributed by atoms with van der Waals surface area (Å²) in [4.78, 5) is 23.8. The number of aromatic nitrogens is 5. The van der Waals surface area contributed by atoms with E-state index in [9.17, 15) is 13.6 Å². The molecule has 2 aromatic heterocycles. The smallest absolute Gasteiger partial charge is 0.425 e. The van der Waals surface area contributed by atoms with E-state index >= 15 is 0 Å². The van der Waals surface area contributed by atoms with Crippen LogP contribution in [0.3, 0.4) is 0 Å². The van der Waals surface area contributed by atoms with Crippen LogP contribution in [-0.2, 0) is 23.3 Å². The predicted molar refractivity (Wildman–Crippen MR) is 135 cm³/mol. The summed E-state index contributed by atoms with van der Waals surface area (Å²) in [6.07, 6.45) is -4.11. The van der Waals surface area contributed by atoms with Gasteiger partial charge in [-0.2, -0.15) is 8.78 Å². The molecule has 0 radical (unpaired) electrons. The molecule has 4 rings (SSSR count). The first-order chi connectivity index (χ1) is 18.2. The van der Waals surface area contributed by atoms with Gasteiger partial charge in [0.05, 0.1) is 5.69 Å². The van der Waals surface area contributed by atoms with E-state index in [0.717, 1.165) is 5.69 Å². The van der Waals surface area contributed by atoms with Crippen LogP contribution < -0.4 is 15.0 Å². The number of halogens is 2. The SMILES string of the molecule is CN(C)c1cccc(/C(=N\OCc2cccc(NC(=O)C(F)(F)Oc3ccccc3)n2)c2nnnn2C)c1. The lowest BCUT2D eigenvalue weighted by Gasteiger charge is -2.17. The average Bonchev–Trinajstić information content (AvgIpc) is 3.32. The Morgan fingerprint density at radius 1 is 1.08 bits per heavy atom. The van der Waals surface area contributed by atoms with Gasteiger partial charge in [0.2, 0.25) is 5.82 Å². The molecular weight excluding hydrogens is 498 g/mol. The molecule has 0 saturated carbocycles. The lowest BCUT2D eigenvalue weighted by Crippen LogP contribution is -2.40. The number of benzene rings is 2. The van der Waals surface area contributed by atoms with Crippen LogP contribution >= 0.6 is 0 Å². The number of ether oxygens (including phenoxy) is 1. The van der Waals surface area contributed by atoms with E-state index in [-0.39, 0.29) is 18.2 Å². The number of alkyl halides is 2. The summed E-state index contributed by atoms with van der Waals surface area (Å²) in [7, 11) is 5.50. The van der Waals surface area contributed by atoms with Gasteiger partial charge >= 0.3 is 12.0 Å². The minimum absolute atomic E-state index is 0.104. The Hall–Kier alpha value is -4.94. The van der Waals surface area contributed by atoms with Crippen LogP contribution in [0.5, 0.6) is 5.75 Å². The molecule has 1 N–H and O–H groups in total. The van der Waals surface area contributed by atoms with Crippen LogP contribution in [0.15, 0.2) is 78.0 Å². The zero-order valence-corrected chi connectivity index (χ0v) is 20.7. The summed E-state index contributed by atoms with van der Waals surface area (Å²) in [5.41, 5.74) is 2.35. The second kappa shape index (κ2) is 11.4. The largest absolute Gasteiger partial charge is 0.482 e. The summed E-state index contributed by atoms with van der Waals surface area (Å²) in [5, 5.41) is 17.9. The highest BCUT2D eigenvalue weighted by Gasteiger charge is 2.42. The monoisotopic (exact) mass is 522 g/mol. The molecule has 4 aromatic rings. The molecule has 38 heavy (non-hydrogen) atoms. The Kier molecular flexibility index (Phi) is 7.85. The van der Waals surface area contributed by atoms with Crippen molar-refractivity contribution in [2.75, 3.05) is 24.3 Å². The summed E-state index contributed by atoms with van der Waals surface area (Å²) < 4.78 is 34.5. The maximum Gasteiger partial charge on any atom is 0.482 e. The Balaban J connectivity index is 1.47. The molecule has 2 aromatic carbocycles. The maximum absolute atomic E-state index is 14.3. The highest BCUT2D eigenvalue weighted by molar-refractivity contribution is 6.10. The molecule has 196 valence electrons. The molecule has 0 bridgehead atoms. The number of hydrogen-bond acceptors (Lipinski definition) is 9. The van der Waals surface area contributed by atoms with Crippen LogP contribution in [0.4, 0.5) is 20.3 Å². The van der Waals surface area contributed by atoms with Crippen LogP contribution in [0.1, 0.15) is 17.1 Å². The molecule has 0 atom stereocenters. The number of rotatable bonds is 10. The Morgan fingerprint density at radius 3 is 2.55 bits per heavy atom. The lowest BCUT2D eigenvalue weighted by molar-refractivity contribution is -0.187. The molecule has 11 nitrogen and oxygen atoms in total. The van der Waals surface area contributed by atoms with Gasteiger partial charge in [0.25, 0.3) is 0 Å². The quantitative estimate of drug-likeness (QED) is 0.249. The van der Waals surface area contributed by atoms with Crippen LogP contribution in [0.2, 0.25) is 0 Å². The first-order valence-corrected chi connectivity index (χ1v) is 11.3. The van der Waals surface area contributed by atoms with Crippen molar-refractivity contribution in [2.45, 2.75) is 12.7 Å². The van der Waals surface area contributed by atoms with E-state index in [1.54, 1.807) is 19.2 Å². The molecule has 0 saturated heterocycles. The summed E-state index contributed by atoms with van der Waals surface area (Å²) in [6.45, 7) is -0.122. The number of aryl methyl sites for hydroxylation is 1. The molecule has 0 unspecified atom stereocenters. The van der Waals surface area contributed by atoms with Crippen molar-refractivity contribution in [3.8, 4) is 5.75 Å². The molecule has 13 heteroatoms.